The molecule has 0 aliphatic carbocycles. The Balaban J connectivity index is 2.66. The van der Waals surface area contributed by atoms with Crippen molar-refractivity contribution < 1.29 is 0 Å². The molecule has 0 aliphatic rings. The van der Waals surface area contributed by atoms with E-state index in [2.05, 4.69) is 53.2 Å². The molecule has 5 heteroatoms. The van der Waals surface area contributed by atoms with E-state index in [0.29, 0.717) is 18.6 Å². The van der Waals surface area contributed by atoms with Gasteiger partial charge in [0.05, 0.1) is 9.83 Å². The zero-order valence-corrected chi connectivity index (χ0v) is 13.9. The van der Waals surface area contributed by atoms with Gasteiger partial charge in [-0.3, -0.25) is 4.90 Å². The van der Waals surface area contributed by atoms with Crippen LogP contribution in [0.15, 0.2) is 15.9 Å². The summed E-state index contributed by atoms with van der Waals surface area (Å²) in [6.45, 7) is 2.95. The van der Waals surface area contributed by atoms with Crippen molar-refractivity contribution >= 4 is 39.0 Å². The second-order valence-corrected chi connectivity index (χ2v) is 7.67. The van der Waals surface area contributed by atoms with E-state index in [9.17, 15) is 0 Å². The Hall–Kier alpha value is 0.450. The lowest BCUT2D eigenvalue weighted by Crippen LogP contribution is -2.36. The molecule has 0 aromatic carbocycles. The summed E-state index contributed by atoms with van der Waals surface area (Å²) in [4.78, 5) is 3.74. The minimum Gasteiger partial charge on any atom is -0.329 e. The number of hydrogen-bond donors (Lipinski definition) is 1. The van der Waals surface area contributed by atoms with Crippen molar-refractivity contribution in [1.29, 1.82) is 0 Å². The smallest absolute Gasteiger partial charge is 0.0702 e. The number of thioether (sulfide) groups is 1. The standard InChI is InChI=1S/C12H21BrN2S2/c1-9(6-7-16-3)15(2)10(8-14)11-4-5-12(13)17-11/h4-5,9-10H,6-8,14H2,1-3H3. The predicted molar refractivity (Wildman–Crippen MR) is 84.0 cm³/mol. The van der Waals surface area contributed by atoms with E-state index in [1.807, 2.05) is 11.8 Å². The minimum absolute atomic E-state index is 0.336. The average molecular weight is 337 g/mol. The van der Waals surface area contributed by atoms with Gasteiger partial charge in [-0.15, -0.1) is 11.3 Å². The number of hydrogen-bond acceptors (Lipinski definition) is 4. The highest BCUT2D eigenvalue weighted by Gasteiger charge is 2.21. The normalized spacial score (nSPS) is 15.2. The van der Waals surface area contributed by atoms with Gasteiger partial charge in [0.2, 0.25) is 0 Å². The van der Waals surface area contributed by atoms with Gasteiger partial charge >= 0.3 is 0 Å². The molecule has 1 aromatic heterocycles. The summed E-state index contributed by atoms with van der Waals surface area (Å²) in [6.07, 6.45) is 3.37. The number of nitrogens with zero attached hydrogens (tertiary/aromatic N) is 1. The molecule has 0 amide bonds. The summed E-state index contributed by atoms with van der Waals surface area (Å²) < 4.78 is 1.18. The van der Waals surface area contributed by atoms with Crippen LogP contribution in [-0.2, 0) is 0 Å². The van der Waals surface area contributed by atoms with Crippen molar-refractivity contribution in [1.82, 2.24) is 4.90 Å². The van der Waals surface area contributed by atoms with Crippen molar-refractivity contribution in [2.75, 3.05) is 25.6 Å². The Bertz CT molecular complexity index is 330. The summed E-state index contributed by atoms with van der Waals surface area (Å²) >= 11 is 7.20. The molecule has 0 saturated carbocycles. The Morgan fingerprint density at radius 2 is 2.24 bits per heavy atom. The third-order valence-corrected chi connectivity index (χ3v) is 5.44. The minimum atomic E-state index is 0.336. The first kappa shape index (κ1) is 15.5. The topological polar surface area (TPSA) is 29.3 Å². The molecule has 0 fully saturated rings. The van der Waals surface area contributed by atoms with E-state index in [1.165, 1.54) is 20.8 Å². The van der Waals surface area contributed by atoms with Gasteiger partial charge in [0, 0.05) is 17.5 Å². The van der Waals surface area contributed by atoms with E-state index < -0.39 is 0 Å². The lowest BCUT2D eigenvalue weighted by Gasteiger charge is -2.31. The third kappa shape index (κ3) is 4.56. The molecular weight excluding hydrogens is 316 g/mol. The molecule has 1 aromatic rings. The molecule has 0 saturated heterocycles. The first-order chi connectivity index (χ1) is 8.10. The van der Waals surface area contributed by atoms with Gasteiger partial charge in [-0.1, -0.05) is 0 Å². The highest BCUT2D eigenvalue weighted by Crippen LogP contribution is 2.31. The Morgan fingerprint density at radius 3 is 2.71 bits per heavy atom. The van der Waals surface area contributed by atoms with Crippen LogP contribution < -0.4 is 5.73 Å². The average Bonchev–Trinajstić information content (AvgIpc) is 2.73. The molecule has 17 heavy (non-hydrogen) atoms. The van der Waals surface area contributed by atoms with Gasteiger partial charge < -0.3 is 5.73 Å². The predicted octanol–water partition coefficient (Wildman–Crippen LogP) is 3.58. The molecule has 2 atom stereocenters. The van der Waals surface area contributed by atoms with Crippen LogP contribution in [0.2, 0.25) is 0 Å². The van der Waals surface area contributed by atoms with Crippen LogP contribution in [0.25, 0.3) is 0 Å². The zero-order valence-electron chi connectivity index (χ0n) is 10.6. The van der Waals surface area contributed by atoms with Crippen LogP contribution in [0.5, 0.6) is 0 Å². The number of likely N-dealkylation sites (N-methyl/N-ethyl adjacent to an activating group) is 1. The van der Waals surface area contributed by atoms with Gasteiger partial charge in [0.15, 0.2) is 0 Å². The lowest BCUT2D eigenvalue weighted by atomic mass is 10.1. The molecular formula is C12H21BrN2S2. The van der Waals surface area contributed by atoms with Crippen LogP contribution in [0.1, 0.15) is 24.3 Å². The Morgan fingerprint density at radius 1 is 1.53 bits per heavy atom. The lowest BCUT2D eigenvalue weighted by molar-refractivity contribution is 0.188. The van der Waals surface area contributed by atoms with Crippen molar-refractivity contribution in [3.05, 3.63) is 20.8 Å². The molecule has 0 bridgehead atoms. The van der Waals surface area contributed by atoms with Crippen LogP contribution in [0.3, 0.4) is 0 Å². The first-order valence-corrected chi connectivity index (χ1v) is 8.76. The maximum atomic E-state index is 5.93. The monoisotopic (exact) mass is 336 g/mol. The number of thiophene rings is 1. The molecule has 0 radical (unpaired) electrons. The highest BCUT2D eigenvalue weighted by atomic mass is 79.9. The number of rotatable bonds is 7. The van der Waals surface area contributed by atoms with Crippen LogP contribution in [0, 0.1) is 0 Å². The van der Waals surface area contributed by atoms with E-state index in [0.717, 1.165) is 0 Å². The maximum Gasteiger partial charge on any atom is 0.0702 e. The van der Waals surface area contributed by atoms with Crippen LogP contribution in [0.4, 0.5) is 0 Å². The molecule has 0 spiro atoms. The van der Waals surface area contributed by atoms with Crippen LogP contribution in [-0.4, -0.2) is 36.5 Å². The Kier molecular flexibility index (Phi) is 7.11. The van der Waals surface area contributed by atoms with Gasteiger partial charge in [0.25, 0.3) is 0 Å². The fourth-order valence-electron chi connectivity index (χ4n) is 1.79. The summed E-state index contributed by atoms with van der Waals surface area (Å²) in [6, 6.07) is 5.17. The highest BCUT2D eigenvalue weighted by molar-refractivity contribution is 9.11. The van der Waals surface area contributed by atoms with Gasteiger partial charge in [-0.05, 0) is 60.5 Å². The number of halogens is 1. The quantitative estimate of drug-likeness (QED) is 0.825. The second kappa shape index (κ2) is 7.79. The second-order valence-electron chi connectivity index (χ2n) is 4.19. The fraction of sp³-hybridized carbons (Fsp3) is 0.667. The largest absolute Gasteiger partial charge is 0.329 e. The van der Waals surface area contributed by atoms with Crippen molar-refractivity contribution in [3.63, 3.8) is 0 Å². The van der Waals surface area contributed by atoms with E-state index in [1.54, 1.807) is 11.3 Å². The van der Waals surface area contributed by atoms with Crippen molar-refractivity contribution in [3.8, 4) is 0 Å². The van der Waals surface area contributed by atoms with Gasteiger partial charge in [0.1, 0.15) is 0 Å². The molecule has 1 rings (SSSR count). The molecule has 2 N–H and O–H groups in total. The molecule has 2 nitrogen and oxygen atoms in total. The summed E-state index contributed by atoms with van der Waals surface area (Å²) in [7, 11) is 2.18. The van der Waals surface area contributed by atoms with Crippen molar-refractivity contribution in [2.24, 2.45) is 5.73 Å². The van der Waals surface area contributed by atoms with E-state index >= 15 is 0 Å². The number of nitrogens with two attached hydrogens (primary N) is 1. The molecule has 0 aliphatic heterocycles. The van der Waals surface area contributed by atoms with Crippen molar-refractivity contribution in [2.45, 2.75) is 25.4 Å². The summed E-state index contributed by atoms with van der Waals surface area (Å²) in [5.74, 6) is 1.21. The van der Waals surface area contributed by atoms with Gasteiger partial charge in [-0.2, -0.15) is 11.8 Å². The summed E-state index contributed by atoms with van der Waals surface area (Å²) in [5, 5.41) is 0. The summed E-state index contributed by atoms with van der Waals surface area (Å²) in [5.41, 5.74) is 5.93. The zero-order chi connectivity index (χ0) is 12.8. The van der Waals surface area contributed by atoms with E-state index in [4.69, 9.17) is 5.73 Å². The van der Waals surface area contributed by atoms with Gasteiger partial charge in [-0.25, -0.2) is 0 Å². The Labute approximate surface area is 121 Å². The molecule has 98 valence electrons. The maximum absolute atomic E-state index is 5.93. The molecule has 1 heterocycles. The SMILES string of the molecule is CSCCC(C)N(C)C(CN)c1ccc(Br)s1. The third-order valence-electron chi connectivity index (χ3n) is 3.07. The molecule has 2 unspecified atom stereocenters. The first-order valence-electron chi connectivity index (χ1n) is 5.76. The fourth-order valence-corrected chi connectivity index (χ4v) is 3.96. The van der Waals surface area contributed by atoms with E-state index in [-0.39, 0.29) is 0 Å². The van der Waals surface area contributed by atoms with Crippen LogP contribution >= 0.6 is 39.0 Å².